The first kappa shape index (κ1) is 22.8. The van der Waals surface area contributed by atoms with Crippen LogP contribution in [0.2, 0.25) is 0 Å². The Morgan fingerprint density at radius 1 is 0.706 bits per heavy atom. The molecule has 0 amide bonds. The zero-order valence-corrected chi connectivity index (χ0v) is 19.4. The van der Waals surface area contributed by atoms with Gasteiger partial charge in [0, 0.05) is 28.7 Å². The van der Waals surface area contributed by atoms with Crippen LogP contribution in [-0.2, 0) is 4.79 Å². The van der Waals surface area contributed by atoms with Gasteiger partial charge in [-0.15, -0.1) is 0 Å². The van der Waals surface area contributed by atoms with Crippen LogP contribution in [0.1, 0.15) is 22.3 Å². The summed E-state index contributed by atoms with van der Waals surface area (Å²) in [5, 5.41) is 0. The molecule has 0 aromatic heterocycles. The fraction of sp³-hybridized carbons (Fsp3) is 0.0645. The number of hydrogen-bond acceptors (Lipinski definition) is 3. The minimum atomic E-state index is -0.475. The van der Waals surface area contributed by atoms with E-state index in [1.807, 2.05) is 30.4 Å². The van der Waals surface area contributed by atoms with Crippen LogP contribution in [-0.4, -0.2) is 5.97 Å². The van der Waals surface area contributed by atoms with Gasteiger partial charge in [-0.1, -0.05) is 84.5 Å². The largest absolute Gasteiger partial charge is 0.423 e. The van der Waals surface area contributed by atoms with Crippen molar-refractivity contribution in [3.8, 4) is 5.75 Å². The lowest BCUT2D eigenvalue weighted by Crippen LogP contribution is -2.09. The third-order valence-corrected chi connectivity index (χ3v) is 5.49. The van der Waals surface area contributed by atoms with E-state index in [2.05, 4.69) is 98.1 Å². The van der Waals surface area contributed by atoms with Crippen LogP contribution in [0.15, 0.2) is 110 Å². The molecular formula is C31H27NO2. The van der Waals surface area contributed by atoms with E-state index in [1.165, 1.54) is 11.1 Å². The lowest BCUT2D eigenvalue weighted by atomic mass is 10.1. The molecule has 0 N–H and O–H groups in total. The molecule has 34 heavy (non-hydrogen) atoms. The summed E-state index contributed by atoms with van der Waals surface area (Å²) in [4.78, 5) is 13.9. The number of nitrogens with zero attached hydrogens (tertiary/aromatic N) is 1. The maximum absolute atomic E-state index is 11.6. The average Bonchev–Trinajstić information content (AvgIpc) is 2.86. The minimum absolute atomic E-state index is 0.475. The number of anilines is 3. The van der Waals surface area contributed by atoms with E-state index in [0.29, 0.717) is 5.75 Å². The normalized spacial score (nSPS) is 10.8. The lowest BCUT2D eigenvalue weighted by Gasteiger charge is -2.25. The highest BCUT2D eigenvalue weighted by Crippen LogP contribution is 2.35. The summed E-state index contributed by atoms with van der Waals surface area (Å²) in [6.45, 7) is 7.65. The smallest absolute Gasteiger partial charge is 0.335 e. The molecule has 0 heterocycles. The number of aryl methyl sites for hydroxylation is 2. The summed E-state index contributed by atoms with van der Waals surface area (Å²) in [5.41, 5.74) is 7.61. The molecule has 0 radical (unpaired) electrons. The van der Waals surface area contributed by atoms with Crippen molar-refractivity contribution in [2.24, 2.45) is 0 Å². The summed E-state index contributed by atoms with van der Waals surface area (Å²) >= 11 is 0. The quantitative estimate of drug-likeness (QED) is 0.125. The number of carbonyl (C=O) groups is 1. The Hall–Kier alpha value is -4.37. The second-order valence-corrected chi connectivity index (χ2v) is 8.09. The first-order chi connectivity index (χ1) is 16.5. The highest BCUT2D eigenvalue weighted by molar-refractivity contribution is 5.85. The highest BCUT2D eigenvalue weighted by atomic mass is 16.5. The number of ether oxygens (including phenoxy) is 1. The Labute approximate surface area is 201 Å². The second-order valence-electron chi connectivity index (χ2n) is 8.09. The predicted molar refractivity (Wildman–Crippen MR) is 142 cm³/mol. The maximum atomic E-state index is 11.6. The Morgan fingerprint density at radius 2 is 1.21 bits per heavy atom. The van der Waals surface area contributed by atoms with E-state index < -0.39 is 5.97 Å². The van der Waals surface area contributed by atoms with Crippen molar-refractivity contribution in [3.63, 3.8) is 0 Å². The van der Waals surface area contributed by atoms with Crippen molar-refractivity contribution in [2.75, 3.05) is 4.90 Å². The van der Waals surface area contributed by atoms with Crippen molar-refractivity contribution < 1.29 is 9.53 Å². The zero-order valence-electron chi connectivity index (χ0n) is 19.4. The topological polar surface area (TPSA) is 29.5 Å². The Kier molecular flexibility index (Phi) is 7.04. The van der Waals surface area contributed by atoms with Gasteiger partial charge in [0.25, 0.3) is 0 Å². The molecule has 0 saturated carbocycles. The number of rotatable bonds is 7. The van der Waals surface area contributed by atoms with Gasteiger partial charge in [-0.25, -0.2) is 4.79 Å². The highest BCUT2D eigenvalue weighted by Gasteiger charge is 2.12. The first-order valence-electron chi connectivity index (χ1n) is 11.2. The molecule has 0 atom stereocenters. The molecule has 3 heteroatoms. The third-order valence-electron chi connectivity index (χ3n) is 5.49. The molecule has 0 aliphatic carbocycles. The molecule has 0 aliphatic rings. The van der Waals surface area contributed by atoms with Gasteiger partial charge >= 0.3 is 5.97 Å². The van der Waals surface area contributed by atoms with Crippen molar-refractivity contribution in [2.45, 2.75) is 13.8 Å². The molecule has 0 unspecified atom stereocenters. The predicted octanol–water partition coefficient (Wildman–Crippen LogP) is 8.04. The summed E-state index contributed by atoms with van der Waals surface area (Å²) in [5.74, 6) is 0.0303. The molecule has 4 aromatic carbocycles. The third kappa shape index (κ3) is 5.51. The van der Waals surface area contributed by atoms with Crippen LogP contribution >= 0.6 is 0 Å². The molecule has 0 bridgehead atoms. The maximum Gasteiger partial charge on any atom is 0.335 e. The summed E-state index contributed by atoms with van der Waals surface area (Å²) in [6, 6.07) is 32.9. The minimum Gasteiger partial charge on any atom is -0.423 e. The van der Waals surface area contributed by atoms with Gasteiger partial charge in [-0.2, -0.15) is 0 Å². The van der Waals surface area contributed by atoms with Crippen molar-refractivity contribution >= 4 is 35.2 Å². The van der Waals surface area contributed by atoms with E-state index in [4.69, 9.17) is 4.74 Å². The summed E-state index contributed by atoms with van der Waals surface area (Å²) in [6.07, 6.45) is 5.11. The van der Waals surface area contributed by atoms with Crippen molar-refractivity contribution in [1.29, 1.82) is 0 Å². The Bertz CT molecular complexity index is 1260. The van der Waals surface area contributed by atoms with Gasteiger partial charge in [-0.05, 0) is 61.9 Å². The molecular weight excluding hydrogens is 418 g/mol. The number of carbonyl (C=O) groups excluding carboxylic acids is 1. The van der Waals surface area contributed by atoms with Crippen LogP contribution in [0, 0.1) is 13.8 Å². The number of benzene rings is 4. The van der Waals surface area contributed by atoms with Crippen LogP contribution in [0.3, 0.4) is 0 Å². The van der Waals surface area contributed by atoms with Crippen LogP contribution in [0.4, 0.5) is 17.1 Å². The fourth-order valence-corrected chi connectivity index (χ4v) is 3.62. The van der Waals surface area contributed by atoms with Crippen LogP contribution in [0.25, 0.3) is 12.2 Å². The molecule has 0 fully saturated rings. The number of hydrogen-bond donors (Lipinski definition) is 0. The van der Waals surface area contributed by atoms with E-state index in [-0.39, 0.29) is 0 Å². The zero-order chi connectivity index (χ0) is 23.9. The first-order valence-corrected chi connectivity index (χ1v) is 11.2. The molecule has 0 spiro atoms. The molecule has 4 aromatic rings. The van der Waals surface area contributed by atoms with Gasteiger partial charge in [0.2, 0.25) is 0 Å². The van der Waals surface area contributed by atoms with Gasteiger partial charge in [0.05, 0.1) is 0 Å². The lowest BCUT2D eigenvalue weighted by molar-refractivity contribution is -0.128. The second kappa shape index (κ2) is 10.5. The standard InChI is InChI=1S/C31H27NO2/c1-4-31(33)34-30-8-6-5-7-26(30)16-13-25-14-21-29(22-15-25)32(27-17-9-23(2)10-18-27)28-19-11-24(3)12-20-28/h4-22H,1H2,2-3H3. The van der Waals surface area contributed by atoms with E-state index in [9.17, 15) is 4.79 Å². The monoisotopic (exact) mass is 445 g/mol. The number of esters is 1. The van der Waals surface area contributed by atoms with Crippen molar-refractivity contribution in [1.82, 2.24) is 0 Å². The Morgan fingerprint density at radius 3 is 1.74 bits per heavy atom. The molecule has 4 rings (SSSR count). The summed E-state index contributed by atoms with van der Waals surface area (Å²) < 4.78 is 5.33. The fourth-order valence-electron chi connectivity index (χ4n) is 3.62. The number of para-hydroxylation sites is 1. The Balaban J connectivity index is 1.62. The molecule has 0 saturated heterocycles. The van der Waals surface area contributed by atoms with Gasteiger partial charge < -0.3 is 9.64 Å². The average molecular weight is 446 g/mol. The summed E-state index contributed by atoms with van der Waals surface area (Å²) in [7, 11) is 0. The van der Waals surface area contributed by atoms with Gasteiger partial charge in [-0.3, -0.25) is 0 Å². The molecule has 0 aliphatic heterocycles. The van der Waals surface area contributed by atoms with Crippen molar-refractivity contribution in [3.05, 3.63) is 132 Å². The van der Waals surface area contributed by atoms with Crippen LogP contribution < -0.4 is 9.64 Å². The van der Waals surface area contributed by atoms with E-state index in [0.717, 1.165) is 34.3 Å². The van der Waals surface area contributed by atoms with E-state index in [1.54, 1.807) is 6.07 Å². The molecule has 3 nitrogen and oxygen atoms in total. The van der Waals surface area contributed by atoms with E-state index >= 15 is 0 Å². The van der Waals surface area contributed by atoms with Crippen LogP contribution in [0.5, 0.6) is 5.75 Å². The SMILES string of the molecule is C=CC(=O)Oc1ccccc1C=Cc1ccc(N(c2ccc(C)cc2)c2ccc(C)cc2)cc1. The van der Waals surface area contributed by atoms with Gasteiger partial charge in [0.15, 0.2) is 0 Å². The molecule has 168 valence electrons. The van der Waals surface area contributed by atoms with Gasteiger partial charge in [0.1, 0.15) is 5.75 Å².